The van der Waals surface area contributed by atoms with E-state index in [4.69, 9.17) is 28.7 Å². The molecule has 0 spiro atoms. The highest BCUT2D eigenvalue weighted by Crippen LogP contribution is 2.40. The van der Waals surface area contributed by atoms with Crippen molar-refractivity contribution >= 4 is 24.1 Å². The Bertz CT molecular complexity index is 1410. The lowest BCUT2D eigenvalue weighted by atomic mass is 9.74. The van der Waals surface area contributed by atoms with Crippen molar-refractivity contribution in [3.63, 3.8) is 0 Å². The molecular formula is C35H45N3O9. The number of hydrogen-bond donors (Lipinski definition) is 2. The summed E-state index contributed by atoms with van der Waals surface area (Å²) in [5.74, 6) is -2.10. The van der Waals surface area contributed by atoms with E-state index in [2.05, 4.69) is 5.32 Å². The zero-order valence-corrected chi connectivity index (χ0v) is 27.5. The number of alkyl carbamates (subject to hydrolysis) is 1. The average molecular weight is 652 g/mol. The topological polar surface area (TPSA) is 145 Å². The van der Waals surface area contributed by atoms with Gasteiger partial charge >= 0.3 is 18.0 Å². The SMILES string of the molecule is COC(=O)[C@H]1C[C@@H]2OC(N(C)C)=N[C@@H]2[C@@H](OCc2ccccc2)[C@@H]1C.C[C@H]1[C@H](OCc2ccccc2)[C@H]2NC(=O)O[C@H]2C[C@@H]1C(=O)O. The van der Waals surface area contributed by atoms with Crippen molar-refractivity contribution in [3.8, 4) is 0 Å². The number of methoxy groups -OCH3 is 1. The van der Waals surface area contributed by atoms with Crippen LogP contribution in [0.1, 0.15) is 37.8 Å². The summed E-state index contributed by atoms with van der Waals surface area (Å²) in [7, 11) is 5.23. The molecule has 0 unspecified atom stereocenters. The van der Waals surface area contributed by atoms with Gasteiger partial charge in [0.05, 0.1) is 50.4 Å². The van der Waals surface area contributed by atoms with E-state index >= 15 is 0 Å². The van der Waals surface area contributed by atoms with Gasteiger partial charge in [-0.25, -0.2) is 9.79 Å². The van der Waals surface area contributed by atoms with Gasteiger partial charge in [-0.1, -0.05) is 74.5 Å². The van der Waals surface area contributed by atoms with Crippen molar-refractivity contribution in [2.24, 2.45) is 28.7 Å². The normalized spacial score (nSPS) is 32.2. The third-order valence-corrected chi connectivity index (χ3v) is 9.58. The van der Waals surface area contributed by atoms with E-state index in [1.165, 1.54) is 7.11 Å². The molecular weight excluding hydrogens is 606 g/mol. The van der Waals surface area contributed by atoms with E-state index in [0.29, 0.717) is 32.1 Å². The standard InChI is InChI=1S/C19H26N2O4.C16H19NO5/c1-12-14(18(22)23-4)10-15-16(20-19(25-15)21(2)3)17(12)24-11-13-8-6-5-7-9-13;1-9-11(15(18)19)7-12-13(17-16(20)22-12)14(9)21-8-10-5-3-2-4-6-10/h5-9,12,14-17H,10-11H2,1-4H3;2-6,9,11-14H,7-8H2,1H3,(H,17,20)(H,18,19)/t12-,14+,15+,16+,17+;9-,11+,12+,13+,14+/m11/s1. The summed E-state index contributed by atoms with van der Waals surface area (Å²) in [6, 6.07) is 19.9. The fraction of sp³-hybridized carbons (Fsp3) is 0.543. The average Bonchev–Trinajstić information content (AvgIpc) is 3.67. The first-order chi connectivity index (χ1) is 22.6. The van der Waals surface area contributed by atoms with Gasteiger partial charge in [-0.3, -0.25) is 9.59 Å². The lowest BCUT2D eigenvalue weighted by Gasteiger charge is -2.39. The van der Waals surface area contributed by atoms with Gasteiger partial charge in [0, 0.05) is 26.9 Å². The number of fused-ring (bicyclic) bond motifs is 2. The zero-order valence-electron chi connectivity index (χ0n) is 27.5. The summed E-state index contributed by atoms with van der Waals surface area (Å²) in [4.78, 5) is 41.7. The Labute approximate surface area is 275 Å². The minimum atomic E-state index is -0.873. The van der Waals surface area contributed by atoms with Crippen molar-refractivity contribution in [2.75, 3.05) is 21.2 Å². The number of aliphatic carboxylic acids is 1. The maximum absolute atomic E-state index is 12.2. The van der Waals surface area contributed by atoms with Crippen molar-refractivity contribution in [1.82, 2.24) is 10.2 Å². The van der Waals surface area contributed by atoms with Gasteiger partial charge in [0.25, 0.3) is 6.02 Å². The Morgan fingerprint density at radius 2 is 1.43 bits per heavy atom. The van der Waals surface area contributed by atoms with Crippen molar-refractivity contribution in [3.05, 3.63) is 71.8 Å². The van der Waals surface area contributed by atoms with Crippen LogP contribution >= 0.6 is 0 Å². The largest absolute Gasteiger partial charge is 0.481 e. The summed E-state index contributed by atoms with van der Waals surface area (Å²) >= 11 is 0. The molecule has 47 heavy (non-hydrogen) atoms. The molecule has 4 aliphatic rings. The van der Waals surface area contributed by atoms with Crippen molar-refractivity contribution < 1.29 is 43.2 Å². The number of amidine groups is 1. The van der Waals surface area contributed by atoms with Crippen LogP contribution in [0.3, 0.4) is 0 Å². The molecule has 2 N–H and O–H groups in total. The number of benzene rings is 2. The molecule has 254 valence electrons. The predicted molar refractivity (Wildman–Crippen MR) is 171 cm³/mol. The number of carboxylic acid groups (broad SMARTS) is 1. The van der Waals surface area contributed by atoms with E-state index in [0.717, 1.165) is 11.1 Å². The second kappa shape index (κ2) is 15.2. The Balaban J connectivity index is 0.000000186. The Hall–Kier alpha value is -4.16. The number of carboxylic acids is 1. The lowest BCUT2D eigenvalue weighted by molar-refractivity contribution is -0.157. The van der Waals surface area contributed by atoms with Gasteiger partial charge in [-0.05, 0) is 23.0 Å². The van der Waals surface area contributed by atoms with Gasteiger partial charge in [0.15, 0.2) is 0 Å². The first kappa shape index (κ1) is 34.2. The van der Waals surface area contributed by atoms with Gasteiger partial charge < -0.3 is 39.0 Å². The summed E-state index contributed by atoms with van der Waals surface area (Å²) < 4.78 is 28.4. The Kier molecular flexibility index (Phi) is 11.0. The van der Waals surface area contributed by atoms with Crippen molar-refractivity contribution in [2.45, 2.75) is 76.4 Å². The molecule has 1 amide bonds. The Morgan fingerprint density at radius 1 is 0.872 bits per heavy atom. The highest BCUT2D eigenvalue weighted by atomic mass is 16.6. The summed E-state index contributed by atoms with van der Waals surface area (Å²) in [5.41, 5.74) is 2.11. The molecule has 3 fully saturated rings. The molecule has 0 aromatic heterocycles. The van der Waals surface area contributed by atoms with Crippen molar-refractivity contribution in [1.29, 1.82) is 0 Å². The molecule has 6 rings (SSSR count). The molecule has 0 bridgehead atoms. The molecule has 2 aromatic carbocycles. The van der Waals surface area contributed by atoms with Gasteiger partial charge in [-0.2, -0.15) is 0 Å². The maximum Gasteiger partial charge on any atom is 0.407 e. The van der Waals surface area contributed by atoms with Crippen LogP contribution in [-0.2, 0) is 46.5 Å². The highest BCUT2D eigenvalue weighted by Gasteiger charge is 2.52. The number of esters is 1. The smallest absolute Gasteiger partial charge is 0.407 e. The minimum absolute atomic E-state index is 0.00581. The molecule has 12 heteroatoms. The molecule has 2 aliphatic heterocycles. The van der Waals surface area contributed by atoms with E-state index in [1.807, 2.05) is 93.5 Å². The van der Waals surface area contributed by atoms with E-state index in [1.54, 1.807) is 0 Å². The predicted octanol–water partition coefficient (Wildman–Crippen LogP) is 3.88. The zero-order chi connectivity index (χ0) is 33.7. The number of amides is 1. The molecule has 2 saturated carbocycles. The monoisotopic (exact) mass is 651 g/mol. The van der Waals surface area contributed by atoms with Gasteiger partial charge in [-0.15, -0.1) is 0 Å². The molecule has 12 nitrogen and oxygen atoms in total. The van der Waals surface area contributed by atoms with Crippen LogP contribution in [0.4, 0.5) is 4.79 Å². The minimum Gasteiger partial charge on any atom is -0.481 e. The fourth-order valence-corrected chi connectivity index (χ4v) is 6.95. The quantitative estimate of drug-likeness (QED) is 0.404. The number of nitrogens with zero attached hydrogens (tertiary/aromatic N) is 2. The first-order valence-electron chi connectivity index (χ1n) is 16.1. The number of ether oxygens (including phenoxy) is 5. The van der Waals surface area contributed by atoms with Crippen LogP contribution in [0.2, 0.25) is 0 Å². The molecule has 10 atom stereocenters. The second-order valence-electron chi connectivity index (χ2n) is 12.9. The van der Waals surface area contributed by atoms with Gasteiger partial charge in [0.1, 0.15) is 18.2 Å². The number of nitrogens with one attached hydrogen (secondary N) is 1. The number of rotatable bonds is 8. The van der Waals surface area contributed by atoms with E-state index in [9.17, 15) is 19.5 Å². The number of carbonyl (C=O) groups excluding carboxylic acids is 2. The van der Waals surface area contributed by atoms with Crippen LogP contribution in [0.15, 0.2) is 65.7 Å². The Morgan fingerprint density at radius 3 is 1.98 bits per heavy atom. The fourth-order valence-electron chi connectivity index (χ4n) is 6.95. The lowest BCUT2D eigenvalue weighted by Crippen LogP contribution is -2.54. The molecule has 1 saturated heterocycles. The first-order valence-corrected chi connectivity index (χ1v) is 16.1. The van der Waals surface area contributed by atoms with E-state index in [-0.39, 0.29) is 54.1 Å². The van der Waals surface area contributed by atoms with Crippen LogP contribution < -0.4 is 5.32 Å². The van der Waals surface area contributed by atoms with E-state index < -0.39 is 24.1 Å². The second-order valence-corrected chi connectivity index (χ2v) is 12.9. The summed E-state index contributed by atoms with van der Waals surface area (Å²) in [6.07, 6.45) is -0.743. The van der Waals surface area contributed by atoms with Crippen LogP contribution in [-0.4, -0.2) is 91.8 Å². The maximum atomic E-state index is 12.2. The number of hydrogen-bond acceptors (Lipinski definition) is 10. The summed E-state index contributed by atoms with van der Waals surface area (Å²) in [6.45, 7) is 4.76. The van der Waals surface area contributed by atoms with Crippen LogP contribution in [0.25, 0.3) is 0 Å². The van der Waals surface area contributed by atoms with Gasteiger partial charge in [0.2, 0.25) is 0 Å². The van der Waals surface area contributed by atoms with Crippen LogP contribution in [0, 0.1) is 23.7 Å². The molecule has 2 aromatic rings. The number of aliphatic imine (C=N–C) groups is 1. The number of carbonyl (C=O) groups is 3. The molecule has 2 aliphatic carbocycles. The highest BCUT2D eigenvalue weighted by molar-refractivity contribution is 5.77. The molecule has 2 heterocycles. The van der Waals surface area contributed by atoms with Crippen LogP contribution in [0.5, 0.6) is 0 Å². The summed E-state index contributed by atoms with van der Waals surface area (Å²) in [5, 5.41) is 12.1. The third-order valence-electron chi connectivity index (χ3n) is 9.58. The third kappa shape index (κ3) is 7.87. The molecule has 0 radical (unpaired) electrons.